The first kappa shape index (κ1) is 43.3. The molecular formula is C41H40Cl2F6Zr. The molecule has 1 aliphatic rings. The largest absolute Gasteiger partial charge is 0.273 e. The molecule has 0 heterocycles. The van der Waals surface area contributed by atoms with Crippen LogP contribution in [0.2, 0.25) is 0 Å². The molecule has 0 radical (unpaired) electrons. The van der Waals surface area contributed by atoms with Crippen molar-refractivity contribution in [2.24, 2.45) is 0 Å². The third kappa shape index (κ3) is 11.3. The zero-order chi connectivity index (χ0) is 35.5. The summed E-state index contributed by atoms with van der Waals surface area (Å²) in [4.78, 5) is 0. The van der Waals surface area contributed by atoms with Crippen molar-refractivity contribution >= 4 is 49.6 Å². The molecule has 0 spiro atoms. The van der Waals surface area contributed by atoms with Gasteiger partial charge < -0.3 is 0 Å². The summed E-state index contributed by atoms with van der Waals surface area (Å²) in [5.41, 5.74) is 2.81. The van der Waals surface area contributed by atoms with Gasteiger partial charge in [-0.15, -0.1) is 71.0 Å². The molecule has 0 bridgehead atoms. The summed E-state index contributed by atoms with van der Waals surface area (Å²) in [6.45, 7) is 13.7. The number of benzene rings is 4. The number of rotatable bonds is 2. The summed E-state index contributed by atoms with van der Waals surface area (Å²) in [6.07, 6.45) is 1.18. The van der Waals surface area contributed by atoms with E-state index < -0.39 is 23.5 Å². The van der Waals surface area contributed by atoms with Crippen molar-refractivity contribution in [2.75, 3.05) is 0 Å². The summed E-state index contributed by atoms with van der Waals surface area (Å²) >= 11 is 0.898. The molecule has 1 aliphatic carbocycles. The Morgan fingerprint density at radius 3 is 1.20 bits per heavy atom. The average Bonchev–Trinajstić information content (AvgIpc) is 3.71. The summed E-state index contributed by atoms with van der Waals surface area (Å²) in [5.74, 6) is 0. The van der Waals surface area contributed by atoms with Crippen LogP contribution < -0.4 is 0 Å². The minimum absolute atomic E-state index is 0. The molecule has 50 heavy (non-hydrogen) atoms. The predicted octanol–water partition coefficient (Wildman–Crippen LogP) is 13.3. The first-order valence-corrected chi connectivity index (χ1v) is 16.8. The van der Waals surface area contributed by atoms with E-state index in [4.69, 9.17) is 0 Å². The Morgan fingerprint density at radius 1 is 0.580 bits per heavy atom. The second-order valence-electron chi connectivity index (χ2n) is 13.8. The van der Waals surface area contributed by atoms with E-state index in [0.29, 0.717) is 14.3 Å². The molecule has 0 aromatic heterocycles. The van der Waals surface area contributed by atoms with Gasteiger partial charge in [0.1, 0.15) is 0 Å². The maximum atomic E-state index is 12.5. The van der Waals surface area contributed by atoms with Gasteiger partial charge in [0.25, 0.3) is 0 Å². The molecule has 9 heteroatoms. The molecule has 0 N–H and O–H groups in total. The third-order valence-electron chi connectivity index (χ3n) is 8.03. The van der Waals surface area contributed by atoms with Crippen molar-refractivity contribution in [1.29, 1.82) is 0 Å². The minimum Gasteiger partial charge on any atom is -0.273 e. The van der Waals surface area contributed by atoms with E-state index in [1.807, 2.05) is 12.2 Å². The molecule has 0 nitrogen and oxygen atoms in total. The fourth-order valence-electron chi connectivity index (χ4n) is 5.09. The first-order chi connectivity index (χ1) is 22.2. The van der Waals surface area contributed by atoms with E-state index in [0.717, 1.165) is 54.9 Å². The topological polar surface area (TPSA) is 0 Å². The normalized spacial score (nSPS) is 12.8. The predicted molar refractivity (Wildman–Crippen MR) is 197 cm³/mol. The maximum Gasteiger partial charge on any atom is -0.109 e. The smallest absolute Gasteiger partial charge is 0.109 e. The summed E-state index contributed by atoms with van der Waals surface area (Å²) in [5, 5.41) is 5.49. The molecule has 5 aromatic rings. The Kier molecular flexibility index (Phi) is 14.8. The van der Waals surface area contributed by atoms with Crippen LogP contribution in [0.3, 0.4) is 0 Å². The van der Waals surface area contributed by atoms with Crippen LogP contribution in [0.1, 0.15) is 81.3 Å². The van der Waals surface area contributed by atoms with Gasteiger partial charge in [-0.1, -0.05) is 76.9 Å². The molecule has 0 unspecified atom stereocenters. The van der Waals surface area contributed by atoms with E-state index in [-0.39, 0.29) is 35.6 Å². The Hall–Kier alpha value is -2.86. The SMILES string of the molecule is CC(C)(C)c1ccc2[cH-]c3ccc(C(C)(C)C)cc3c2c1.Cl.Cl.FC(F)(F)c1ccc([C](=[Zr+2])c2ccc(C(F)(F)F)cc2)cc1.[C-]1=CC=CC1. The van der Waals surface area contributed by atoms with Crippen LogP contribution >= 0.6 is 24.8 Å². The van der Waals surface area contributed by atoms with Gasteiger partial charge in [-0.3, -0.25) is 6.08 Å². The molecule has 0 fully saturated rings. The van der Waals surface area contributed by atoms with Crippen molar-refractivity contribution in [2.45, 2.75) is 71.1 Å². The van der Waals surface area contributed by atoms with E-state index >= 15 is 0 Å². The average molecular weight is 809 g/mol. The minimum atomic E-state index is -4.41. The molecule has 6 rings (SSSR count). The fourth-order valence-corrected chi connectivity index (χ4v) is 5.91. The van der Waals surface area contributed by atoms with Crippen LogP contribution in [-0.2, 0) is 47.4 Å². The number of fused-ring (bicyclic) bond motifs is 3. The third-order valence-corrected chi connectivity index (χ3v) is 9.45. The van der Waals surface area contributed by atoms with Gasteiger partial charge in [0, 0.05) is 0 Å². The maximum absolute atomic E-state index is 12.5. The van der Waals surface area contributed by atoms with Gasteiger partial charge in [-0.2, -0.15) is 6.08 Å². The van der Waals surface area contributed by atoms with Crippen molar-refractivity contribution in [1.82, 2.24) is 0 Å². The molecular weight excluding hydrogens is 769 g/mol. The monoisotopic (exact) mass is 806 g/mol. The van der Waals surface area contributed by atoms with Crippen LogP contribution in [0, 0.1) is 6.08 Å². The zero-order valence-electron chi connectivity index (χ0n) is 28.7. The first-order valence-electron chi connectivity index (χ1n) is 15.5. The summed E-state index contributed by atoms with van der Waals surface area (Å²) < 4.78 is 75.6. The van der Waals surface area contributed by atoms with Gasteiger partial charge in [0.2, 0.25) is 0 Å². The molecule has 0 atom stereocenters. The summed E-state index contributed by atoms with van der Waals surface area (Å²) in [6, 6.07) is 25.3. The molecule has 0 amide bonds. The number of alkyl halides is 6. The van der Waals surface area contributed by atoms with Crippen LogP contribution in [-0.4, -0.2) is 3.21 Å². The van der Waals surface area contributed by atoms with Crippen LogP contribution in [0.4, 0.5) is 26.3 Å². The fraction of sp³-hybridized carbons (Fsp3) is 0.268. The van der Waals surface area contributed by atoms with Crippen molar-refractivity contribution in [3.8, 4) is 0 Å². The second kappa shape index (κ2) is 17.1. The standard InChI is InChI=1S/C21H25.C15H8F6.C5H5.2ClH.Zr/c1-20(2,3)16-9-7-14-11-15-8-10-17(21(4,5)6)13-19(15)18(14)12-16;16-14(17,18)12-5-1-10(2-6-12)9-11-3-7-13(8-4-11)15(19,20)21;1-2-4-5-3-1;;;/h7-13H,1-6H3;1-8H;1-3H,4H2;2*1H;/q-1;;-1;;;+2. The Bertz CT molecular complexity index is 1790. The Balaban J connectivity index is 0.000000293. The number of hydrogen-bond donors (Lipinski definition) is 0. The summed E-state index contributed by atoms with van der Waals surface area (Å²) in [7, 11) is 0. The Labute approximate surface area is 318 Å². The zero-order valence-corrected chi connectivity index (χ0v) is 32.8. The molecule has 0 saturated heterocycles. The van der Waals surface area contributed by atoms with Gasteiger partial charge >= 0.3 is 137 Å². The second-order valence-corrected chi connectivity index (χ2v) is 15.0. The van der Waals surface area contributed by atoms with Crippen LogP contribution in [0.5, 0.6) is 0 Å². The van der Waals surface area contributed by atoms with Gasteiger partial charge in [-0.05, 0) is 10.8 Å². The molecule has 264 valence electrons. The van der Waals surface area contributed by atoms with Crippen molar-refractivity contribution in [3.05, 3.63) is 149 Å². The van der Waals surface area contributed by atoms with E-state index in [1.165, 1.54) is 56.9 Å². The Morgan fingerprint density at radius 2 is 0.940 bits per heavy atom. The van der Waals surface area contributed by atoms with E-state index in [1.54, 1.807) is 0 Å². The number of hydrogen-bond acceptors (Lipinski definition) is 0. The van der Waals surface area contributed by atoms with E-state index in [9.17, 15) is 26.3 Å². The van der Waals surface area contributed by atoms with Gasteiger partial charge in [0.05, 0.1) is 0 Å². The molecule has 0 saturated carbocycles. The van der Waals surface area contributed by atoms with Crippen LogP contribution in [0.15, 0.2) is 109 Å². The van der Waals surface area contributed by atoms with Gasteiger partial charge in [0.15, 0.2) is 0 Å². The van der Waals surface area contributed by atoms with E-state index in [2.05, 4.69) is 96.2 Å². The van der Waals surface area contributed by atoms with Gasteiger partial charge in [-0.25, -0.2) is 12.2 Å². The van der Waals surface area contributed by atoms with Crippen molar-refractivity contribution < 1.29 is 50.6 Å². The van der Waals surface area contributed by atoms with Crippen molar-refractivity contribution in [3.63, 3.8) is 0 Å². The quantitative estimate of drug-likeness (QED) is 0.123. The number of halogens is 8. The van der Waals surface area contributed by atoms with Crippen LogP contribution in [0.25, 0.3) is 21.5 Å². The molecule has 0 aliphatic heterocycles. The number of allylic oxidation sites excluding steroid dienone is 4. The molecule has 5 aromatic carbocycles.